The molecule has 2 aromatic rings. The molecule has 1 fully saturated rings. The number of aromatic nitrogens is 2. The summed E-state index contributed by atoms with van der Waals surface area (Å²) in [7, 11) is 0. The zero-order valence-corrected chi connectivity index (χ0v) is 13.7. The fourth-order valence-electron chi connectivity index (χ4n) is 2.73. The third kappa shape index (κ3) is 3.51. The van der Waals surface area contributed by atoms with Gasteiger partial charge in [-0.05, 0) is 35.0 Å². The Balaban J connectivity index is 1.73. The molecule has 1 aliphatic heterocycles. The van der Waals surface area contributed by atoms with E-state index < -0.39 is 0 Å². The van der Waals surface area contributed by atoms with Crippen LogP contribution in [0.1, 0.15) is 6.92 Å². The van der Waals surface area contributed by atoms with Crippen LogP contribution in [0.15, 0.2) is 29.0 Å². The topological polar surface area (TPSA) is 53.1 Å². The smallest absolute Gasteiger partial charge is 0.137 e. The van der Waals surface area contributed by atoms with E-state index in [1.807, 2.05) is 12.1 Å². The molecule has 1 aromatic heterocycles. The highest BCUT2D eigenvalue weighted by Gasteiger charge is 2.14. The van der Waals surface area contributed by atoms with Crippen LogP contribution >= 0.6 is 15.9 Å². The summed E-state index contributed by atoms with van der Waals surface area (Å²) in [6.07, 6.45) is 1.62. The van der Waals surface area contributed by atoms with Crippen LogP contribution < -0.4 is 10.6 Å². The van der Waals surface area contributed by atoms with E-state index in [1.54, 1.807) is 6.33 Å². The predicted octanol–water partition coefficient (Wildman–Crippen LogP) is 2.10. The maximum absolute atomic E-state index is 4.41. The molecule has 0 spiro atoms. The Morgan fingerprint density at radius 2 is 2.14 bits per heavy atom. The van der Waals surface area contributed by atoms with Crippen LogP contribution in [0.3, 0.4) is 0 Å². The van der Waals surface area contributed by atoms with Crippen molar-refractivity contribution < 1.29 is 0 Å². The standard InChI is InChI=1S/C15H20BrN5/c1-11(9-21-7-5-17-6-8-21)20-15-12-3-2-4-13(16)14(12)18-10-19-15/h2-4,10-11,17H,5-9H2,1H3,(H,18,19,20)/t11-/m0/s1. The van der Waals surface area contributed by atoms with Crippen molar-refractivity contribution in [1.82, 2.24) is 20.2 Å². The minimum absolute atomic E-state index is 0.347. The first-order valence-electron chi connectivity index (χ1n) is 7.33. The van der Waals surface area contributed by atoms with Gasteiger partial charge in [-0.1, -0.05) is 6.07 Å². The van der Waals surface area contributed by atoms with E-state index in [0.717, 1.165) is 53.9 Å². The molecule has 0 unspecified atom stereocenters. The van der Waals surface area contributed by atoms with Crippen molar-refractivity contribution in [2.75, 3.05) is 38.0 Å². The Bertz CT molecular complexity index is 612. The van der Waals surface area contributed by atoms with Gasteiger partial charge in [-0.3, -0.25) is 4.90 Å². The fourth-order valence-corrected chi connectivity index (χ4v) is 3.20. The van der Waals surface area contributed by atoms with Gasteiger partial charge in [-0.2, -0.15) is 0 Å². The second-order valence-electron chi connectivity index (χ2n) is 5.45. The molecular formula is C15H20BrN5. The molecule has 0 radical (unpaired) electrons. The van der Waals surface area contributed by atoms with E-state index in [1.165, 1.54) is 0 Å². The summed E-state index contributed by atoms with van der Waals surface area (Å²) in [5.41, 5.74) is 0.948. The van der Waals surface area contributed by atoms with Gasteiger partial charge in [0.05, 0.1) is 5.52 Å². The summed E-state index contributed by atoms with van der Waals surface area (Å²) < 4.78 is 1.00. The molecule has 0 saturated carbocycles. The van der Waals surface area contributed by atoms with Crippen LogP contribution in [0, 0.1) is 0 Å². The molecule has 6 heteroatoms. The number of benzene rings is 1. The highest BCUT2D eigenvalue weighted by atomic mass is 79.9. The van der Waals surface area contributed by atoms with Gasteiger partial charge in [-0.15, -0.1) is 0 Å². The van der Waals surface area contributed by atoms with Crippen LogP contribution in [0.2, 0.25) is 0 Å². The van der Waals surface area contributed by atoms with Crippen molar-refractivity contribution in [1.29, 1.82) is 0 Å². The highest BCUT2D eigenvalue weighted by molar-refractivity contribution is 9.10. The first kappa shape index (κ1) is 14.7. The van der Waals surface area contributed by atoms with E-state index in [9.17, 15) is 0 Å². The minimum Gasteiger partial charge on any atom is -0.366 e. The molecular weight excluding hydrogens is 330 g/mol. The Hall–Kier alpha value is -1.24. The number of hydrogen-bond donors (Lipinski definition) is 2. The number of halogens is 1. The number of nitrogens with zero attached hydrogens (tertiary/aromatic N) is 3. The summed E-state index contributed by atoms with van der Waals surface area (Å²) in [5.74, 6) is 0.906. The molecule has 2 N–H and O–H groups in total. The number of anilines is 1. The molecule has 5 nitrogen and oxygen atoms in total. The molecule has 1 atom stereocenters. The van der Waals surface area contributed by atoms with Crippen LogP contribution in [-0.4, -0.2) is 53.6 Å². The van der Waals surface area contributed by atoms with Crippen molar-refractivity contribution in [3.63, 3.8) is 0 Å². The summed E-state index contributed by atoms with van der Waals surface area (Å²) in [6, 6.07) is 6.42. The average Bonchev–Trinajstić information content (AvgIpc) is 2.49. The van der Waals surface area contributed by atoms with Gasteiger partial charge in [0, 0.05) is 48.6 Å². The monoisotopic (exact) mass is 349 g/mol. The fraction of sp³-hybridized carbons (Fsp3) is 0.467. The van der Waals surface area contributed by atoms with Crippen molar-refractivity contribution in [3.8, 4) is 0 Å². The molecule has 0 aliphatic carbocycles. The number of rotatable bonds is 4. The third-order valence-electron chi connectivity index (χ3n) is 3.74. The minimum atomic E-state index is 0.347. The molecule has 21 heavy (non-hydrogen) atoms. The van der Waals surface area contributed by atoms with Crippen LogP contribution in [0.4, 0.5) is 5.82 Å². The summed E-state index contributed by atoms with van der Waals surface area (Å²) in [6.45, 7) is 7.62. The normalized spacial score (nSPS) is 17.8. The van der Waals surface area contributed by atoms with Crippen LogP contribution in [0.5, 0.6) is 0 Å². The lowest BCUT2D eigenvalue weighted by Crippen LogP contribution is -2.47. The molecule has 1 aliphatic rings. The first-order valence-corrected chi connectivity index (χ1v) is 8.12. The maximum atomic E-state index is 4.41. The van der Waals surface area contributed by atoms with Crippen molar-refractivity contribution in [3.05, 3.63) is 29.0 Å². The summed E-state index contributed by atoms with van der Waals surface area (Å²) in [4.78, 5) is 11.2. The molecule has 2 heterocycles. The van der Waals surface area contributed by atoms with Gasteiger partial charge in [0.25, 0.3) is 0 Å². The summed E-state index contributed by atoms with van der Waals surface area (Å²) >= 11 is 3.54. The molecule has 0 bridgehead atoms. The number of piperazine rings is 1. The summed E-state index contributed by atoms with van der Waals surface area (Å²) in [5, 5.41) is 7.96. The van der Waals surface area contributed by atoms with Gasteiger partial charge >= 0.3 is 0 Å². The first-order chi connectivity index (χ1) is 10.2. The van der Waals surface area contributed by atoms with Crippen LogP contribution in [0.25, 0.3) is 10.9 Å². The van der Waals surface area contributed by atoms with Gasteiger partial charge in [0.15, 0.2) is 0 Å². The Labute approximate surface area is 133 Å². The van der Waals surface area contributed by atoms with Gasteiger partial charge < -0.3 is 10.6 Å². The molecule has 1 saturated heterocycles. The van der Waals surface area contributed by atoms with E-state index >= 15 is 0 Å². The Kier molecular flexibility index (Phi) is 4.67. The van der Waals surface area contributed by atoms with Gasteiger partial charge in [0.2, 0.25) is 0 Å². The largest absolute Gasteiger partial charge is 0.366 e. The number of hydrogen-bond acceptors (Lipinski definition) is 5. The Morgan fingerprint density at radius 3 is 2.95 bits per heavy atom. The SMILES string of the molecule is C[C@@H](CN1CCNCC1)Nc1ncnc2c(Br)cccc12. The van der Waals surface area contributed by atoms with Crippen LogP contribution in [-0.2, 0) is 0 Å². The van der Waals surface area contributed by atoms with E-state index in [2.05, 4.69) is 54.4 Å². The lowest BCUT2D eigenvalue weighted by Gasteiger charge is -2.30. The highest BCUT2D eigenvalue weighted by Crippen LogP contribution is 2.26. The number of nitrogens with one attached hydrogen (secondary N) is 2. The molecule has 112 valence electrons. The predicted molar refractivity (Wildman–Crippen MR) is 89.6 cm³/mol. The lowest BCUT2D eigenvalue weighted by molar-refractivity contribution is 0.235. The lowest BCUT2D eigenvalue weighted by atomic mass is 10.2. The maximum Gasteiger partial charge on any atom is 0.137 e. The van der Waals surface area contributed by atoms with Crippen molar-refractivity contribution in [2.45, 2.75) is 13.0 Å². The van der Waals surface area contributed by atoms with E-state index in [4.69, 9.17) is 0 Å². The van der Waals surface area contributed by atoms with Gasteiger partial charge in [-0.25, -0.2) is 9.97 Å². The zero-order chi connectivity index (χ0) is 14.7. The number of para-hydroxylation sites is 1. The van der Waals surface area contributed by atoms with Gasteiger partial charge in [0.1, 0.15) is 12.1 Å². The Morgan fingerprint density at radius 1 is 1.33 bits per heavy atom. The van der Waals surface area contributed by atoms with Crippen molar-refractivity contribution >= 4 is 32.7 Å². The van der Waals surface area contributed by atoms with E-state index in [0.29, 0.717) is 6.04 Å². The molecule has 3 rings (SSSR count). The second kappa shape index (κ2) is 6.68. The second-order valence-corrected chi connectivity index (χ2v) is 6.31. The quantitative estimate of drug-likeness (QED) is 0.885. The van der Waals surface area contributed by atoms with E-state index in [-0.39, 0.29) is 0 Å². The third-order valence-corrected chi connectivity index (χ3v) is 4.38. The molecule has 0 amide bonds. The molecule has 1 aromatic carbocycles. The average molecular weight is 350 g/mol. The van der Waals surface area contributed by atoms with Crippen molar-refractivity contribution in [2.24, 2.45) is 0 Å². The number of fused-ring (bicyclic) bond motifs is 1. The zero-order valence-electron chi connectivity index (χ0n) is 12.1.